The summed E-state index contributed by atoms with van der Waals surface area (Å²) in [4.78, 5) is 0.303. The summed E-state index contributed by atoms with van der Waals surface area (Å²) < 4.78 is 27.2. The van der Waals surface area contributed by atoms with Crippen molar-refractivity contribution in [2.75, 3.05) is 13.1 Å². The van der Waals surface area contributed by atoms with Crippen molar-refractivity contribution in [1.29, 1.82) is 0 Å². The lowest BCUT2D eigenvalue weighted by atomic mass is 10.1. The van der Waals surface area contributed by atoms with Crippen LogP contribution >= 0.6 is 11.6 Å². The van der Waals surface area contributed by atoms with Gasteiger partial charge in [0.1, 0.15) is 0 Å². The molecule has 0 bridgehead atoms. The fourth-order valence-electron chi connectivity index (χ4n) is 2.15. The molecule has 1 saturated heterocycles. The number of piperidine rings is 1. The topological polar surface area (TPSA) is 58.2 Å². The fourth-order valence-corrected chi connectivity index (χ4v) is 3.87. The minimum absolute atomic E-state index is 0.0289. The zero-order valence-corrected chi connectivity index (χ0v) is 11.8. The molecule has 0 radical (unpaired) electrons. The van der Waals surface area contributed by atoms with Gasteiger partial charge in [-0.2, -0.15) is 0 Å². The van der Waals surface area contributed by atoms with Crippen molar-refractivity contribution >= 4 is 21.6 Å². The van der Waals surface area contributed by atoms with Crippen molar-refractivity contribution in [3.8, 4) is 0 Å². The highest BCUT2D eigenvalue weighted by molar-refractivity contribution is 7.89. The van der Waals surface area contributed by atoms with Gasteiger partial charge in [-0.25, -0.2) is 13.1 Å². The van der Waals surface area contributed by atoms with E-state index in [2.05, 4.69) is 10.0 Å². The van der Waals surface area contributed by atoms with Gasteiger partial charge in [0.25, 0.3) is 0 Å². The molecule has 4 nitrogen and oxygen atoms in total. The summed E-state index contributed by atoms with van der Waals surface area (Å²) in [7, 11) is -3.46. The smallest absolute Gasteiger partial charge is 0.241 e. The van der Waals surface area contributed by atoms with Crippen LogP contribution in [0.5, 0.6) is 0 Å². The summed E-state index contributed by atoms with van der Waals surface area (Å²) in [6, 6.07) is 4.78. The Morgan fingerprint density at radius 3 is 2.83 bits per heavy atom. The summed E-state index contributed by atoms with van der Waals surface area (Å²) in [5.74, 6) is 0. The molecule has 1 atom stereocenters. The average Bonchev–Trinajstić information content (AvgIpc) is 2.29. The van der Waals surface area contributed by atoms with Crippen molar-refractivity contribution in [2.24, 2.45) is 0 Å². The zero-order valence-electron chi connectivity index (χ0n) is 10.2. The molecule has 18 heavy (non-hydrogen) atoms. The molecule has 1 heterocycles. The quantitative estimate of drug-likeness (QED) is 0.890. The number of halogens is 1. The Morgan fingerprint density at radius 2 is 2.22 bits per heavy atom. The number of aryl methyl sites for hydroxylation is 1. The molecule has 1 aromatic rings. The summed E-state index contributed by atoms with van der Waals surface area (Å²) >= 11 is 5.83. The largest absolute Gasteiger partial charge is 0.315 e. The highest BCUT2D eigenvalue weighted by atomic mass is 35.5. The summed E-state index contributed by atoms with van der Waals surface area (Å²) in [5.41, 5.74) is 0.666. The van der Waals surface area contributed by atoms with Crippen LogP contribution in [0, 0.1) is 6.92 Å². The van der Waals surface area contributed by atoms with Crippen LogP contribution in [0.4, 0.5) is 0 Å². The van der Waals surface area contributed by atoms with Crippen LogP contribution < -0.4 is 10.0 Å². The van der Waals surface area contributed by atoms with Crippen LogP contribution in [-0.4, -0.2) is 27.5 Å². The van der Waals surface area contributed by atoms with Gasteiger partial charge in [0.15, 0.2) is 0 Å². The summed E-state index contributed by atoms with van der Waals surface area (Å²) in [6.45, 7) is 3.39. The fraction of sp³-hybridized carbons (Fsp3) is 0.500. The first-order valence-electron chi connectivity index (χ1n) is 5.98. The van der Waals surface area contributed by atoms with E-state index in [1.54, 1.807) is 25.1 Å². The third-order valence-corrected chi connectivity index (χ3v) is 4.96. The van der Waals surface area contributed by atoms with Gasteiger partial charge in [-0.3, -0.25) is 0 Å². The molecule has 0 saturated carbocycles. The van der Waals surface area contributed by atoms with Crippen molar-refractivity contribution in [3.05, 3.63) is 28.8 Å². The van der Waals surface area contributed by atoms with Crippen molar-refractivity contribution in [1.82, 2.24) is 10.0 Å². The van der Waals surface area contributed by atoms with E-state index in [4.69, 9.17) is 11.6 Å². The lowest BCUT2D eigenvalue weighted by Crippen LogP contribution is -2.45. The molecule has 100 valence electrons. The SMILES string of the molecule is Cc1cc(Cl)ccc1S(=O)(=O)NC1CCCNC1. The van der Waals surface area contributed by atoms with E-state index in [1.807, 2.05) is 0 Å². The van der Waals surface area contributed by atoms with Gasteiger partial charge in [0, 0.05) is 17.6 Å². The Hall–Kier alpha value is -0.620. The highest BCUT2D eigenvalue weighted by Gasteiger charge is 2.22. The molecular formula is C12H17ClN2O2S. The van der Waals surface area contributed by atoms with Crippen LogP contribution in [0.2, 0.25) is 5.02 Å². The molecule has 1 fully saturated rings. The Labute approximate surface area is 113 Å². The third kappa shape index (κ3) is 3.23. The normalized spacial score (nSPS) is 20.9. The Bertz CT molecular complexity index is 525. The number of rotatable bonds is 3. The van der Waals surface area contributed by atoms with Gasteiger partial charge in [-0.05, 0) is 50.1 Å². The maximum absolute atomic E-state index is 12.3. The van der Waals surface area contributed by atoms with Gasteiger partial charge < -0.3 is 5.32 Å². The molecule has 0 spiro atoms. The van der Waals surface area contributed by atoms with E-state index < -0.39 is 10.0 Å². The third-order valence-electron chi connectivity index (χ3n) is 3.05. The molecule has 2 rings (SSSR count). The minimum Gasteiger partial charge on any atom is -0.315 e. The predicted octanol–water partition coefficient (Wildman–Crippen LogP) is 1.68. The second-order valence-electron chi connectivity index (χ2n) is 4.57. The maximum Gasteiger partial charge on any atom is 0.241 e. The van der Waals surface area contributed by atoms with E-state index in [0.29, 0.717) is 22.0 Å². The van der Waals surface area contributed by atoms with Gasteiger partial charge in [0.2, 0.25) is 10.0 Å². The van der Waals surface area contributed by atoms with Crippen molar-refractivity contribution in [3.63, 3.8) is 0 Å². The minimum atomic E-state index is -3.46. The van der Waals surface area contributed by atoms with Gasteiger partial charge in [-0.1, -0.05) is 11.6 Å². The second kappa shape index (κ2) is 5.57. The van der Waals surface area contributed by atoms with Crippen LogP contribution in [0.15, 0.2) is 23.1 Å². The Kier molecular flexibility index (Phi) is 4.27. The average molecular weight is 289 g/mol. The maximum atomic E-state index is 12.3. The van der Waals surface area contributed by atoms with Crippen LogP contribution in [0.1, 0.15) is 18.4 Å². The molecule has 0 aromatic heterocycles. The van der Waals surface area contributed by atoms with Crippen LogP contribution in [0.25, 0.3) is 0 Å². The first-order valence-corrected chi connectivity index (χ1v) is 7.84. The standard InChI is InChI=1S/C12H17ClN2O2S/c1-9-7-10(13)4-5-12(9)18(16,17)15-11-3-2-6-14-8-11/h4-5,7,11,14-15H,2-3,6,8H2,1H3. The lowest BCUT2D eigenvalue weighted by Gasteiger charge is -2.24. The monoisotopic (exact) mass is 288 g/mol. The van der Waals surface area contributed by atoms with Crippen molar-refractivity contribution < 1.29 is 8.42 Å². The van der Waals surface area contributed by atoms with E-state index in [-0.39, 0.29) is 6.04 Å². The predicted molar refractivity (Wildman–Crippen MR) is 72.4 cm³/mol. The van der Waals surface area contributed by atoms with Gasteiger partial charge >= 0.3 is 0 Å². The number of sulfonamides is 1. The number of benzene rings is 1. The molecule has 1 unspecified atom stereocenters. The molecule has 1 aliphatic heterocycles. The number of hydrogen-bond acceptors (Lipinski definition) is 3. The van der Waals surface area contributed by atoms with Crippen molar-refractivity contribution in [2.45, 2.75) is 30.7 Å². The first kappa shape index (κ1) is 13.8. The molecule has 0 amide bonds. The van der Waals surface area contributed by atoms with Gasteiger partial charge in [-0.15, -0.1) is 0 Å². The van der Waals surface area contributed by atoms with E-state index in [0.717, 1.165) is 19.4 Å². The molecule has 6 heteroatoms. The molecule has 0 aliphatic carbocycles. The molecule has 2 N–H and O–H groups in total. The molecule has 1 aromatic carbocycles. The van der Waals surface area contributed by atoms with E-state index >= 15 is 0 Å². The van der Waals surface area contributed by atoms with Gasteiger partial charge in [0.05, 0.1) is 4.90 Å². The van der Waals surface area contributed by atoms with E-state index in [1.165, 1.54) is 0 Å². The second-order valence-corrected chi connectivity index (χ2v) is 6.69. The Morgan fingerprint density at radius 1 is 1.44 bits per heavy atom. The molecule has 1 aliphatic rings. The number of hydrogen-bond donors (Lipinski definition) is 2. The summed E-state index contributed by atoms with van der Waals surface area (Å²) in [6.07, 6.45) is 1.87. The summed E-state index contributed by atoms with van der Waals surface area (Å²) in [5, 5.41) is 3.73. The number of nitrogens with one attached hydrogen (secondary N) is 2. The molecular weight excluding hydrogens is 272 g/mol. The van der Waals surface area contributed by atoms with E-state index in [9.17, 15) is 8.42 Å². The van der Waals surface area contributed by atoms with Crippen LogP contribution in [-0.2, 0) is 10.0 Å². The lowest BCUT2D eigenvalue weighted by molar-refractivity contribution is 0.428. The first-order chi connectivity index (χ1) is 8.49. The highest BCUT2D eigenvalue weighted by Crippen LogP contribution is 2.20. The van der Waals surface area contributed by atoms with Crippen LogP contribution in [0.3, 0.4) is 0 Å². The Balaban J connectivity index is 2.19. The zero-order chi connectivity index (χ0) is 13.2.